The van der Waals surface area contributed by atoms with Crippen molar-refractivity contribution in [3.63, 3.8) is 0 Å². The van der Waals surface area contributed by atoms with Crippen LogP contribution in [-0.4, -0.2) is 52.0 Å². The zero-order chi connectivity index (χ0) is 17.8. The summed E-state index contributed by atoms with van der Waals surface area (Å²) in [6, 6.07) is 11.6. The van der Waals surface area contributed by atoms with Crippen LogP contribution in [0, 0.1) is 5.92 Å². The first-order valence-corrected chi connectivity index (χ1v) is 9.85. The first kappa shape index (κ1) is 17.4. The molecule has 0 unspecified atom stereocenters. The van der Waals surface area contributed by atoms with Crippen molar-refractivity contribution in [3.8, 4) is 0 Å². The van der Waals surface area contributed by atoms with Crippen molar-refractivity contribution in [2.45, 2.75) is 38.9 Å². The summed E-state index contributed by atoms with van der Waals surface area (Å²) in [6.45, 7) is 8.52. The molecular formula is C21H29N5. The van der Waals surface area contributed by atoms with Crippen molar-refractivity contribution in [2.75, 3.05) is 31.5 Å². The number of piperidine rings is 1. The molecule has 1 aromatic heterocycles. The number of rotatable bonds is 6. The SMILES string of the molecule is CCNc1ncc(CN2C[C@H]3CC[C@@H](C2)N(Cc2ccccc2)C3)cn1. The third-order valence-corrected chi connectivity index (χ3v) is 5.58. The minimum Gasteiger partial charge on any atom is -0.355 e. The Balaban J connectivity index is 1.39. The number of fused-ring (bicyclic) bond motifs is 4. The quantitative estimate of drug-likeness (QED) is 0.867. The molecule has 4 heterocycles. The van der Waals surface area contributed by atoms with Crippen molar-refractivity contribution < 1.29 is 0 Å². The van der Waals surface area contributed by atoms with E-state index in [4.69, 9.17) is 0 Å². The summed E-state index contributed by atoms with van der Waals surface area (Å²) in [5.41, 5.74) is 2.64. The molecule has 0 aliphatic carbocycles. The fourth-order valence-corrected chi connectivity index (χ4v) is 4.36. The van der Waals surface area contributed by atoms with Crippen molar-refractivity contribution in [3.05, 3.63) is 53.9 Å². The Morgan fingerprint density at radius 1 is 0.962 bits per heavy atom. The second-order valence-corrected chi connectivity index (χ2v) is 7.65. The minimum absolute atomic E-state index is 0.663. The van der Waals surface area contributed by atoms with E-state index in [0.29, 0.717) is 6.04 Å². The molecule has 0 saturated carbocycles. The molecule has 1 aromatic carbocycles. The molecule has 2 atom stereocenters. The van der Waals surface area contributed by atoms with Crippen LogP contribution in [0.15, 0.2) is 42.7 Å². The van der Waals surface area contributed by atoms with E-state index >= 15 is 0 Å². The maximum absolute atomic E-state index is 4.42. The molecule has 5 rings (SSSR count). The van der Waals surface area contributed by atoms with E-state index in [0.717, 1.165) is 38.0 Å². The first-order valence-electron chi connectivity index (χ1n) is 9.85. The van der Waals surface area contributed by atoms with Gasteiger partial charge in [0.1, 0.15) is 0 Å². The Labute approximate surface area is 156 Å². The summed E-state index contributed by atoms with van der Waals surface area (Å²) in [7, 11) is 0. The largest absolute Gasteiger partial charge is 0.355 e. The number of hydrogen-bond donors (Lipinski definition) is 1. The summed E-state index contributed by atoms with van der Waals surface area (Å²) < 4.78 is 0. The van der Waals surface area contributed by atoms with Crippen LogP contribution in [-0.2, 0) is 13.1 Å². The van der Waals surface area contributed by atoms with E-state index < -0.39 is 0 Å². The Kier molecular flexibility index (Phi) is 5.46. The van der Waals surface area contributed by atoms with Gasteiger partial charge in [-0.3, -0.25) is 9.80 Å². The third kappa shape index (κ3) is 4.22. The molecule has 2 aromatic rings. The third-order valence-electron chi connectivity index (χ3n) is 5.58. The second kappa shape index (κ2) is 8.14. The summed E-state index contributed by atoms with van der Waals surface area (Å²) in [6.07, 6.45) is 6.63. The van der Waals surface area contributed by atoms with E-state index in [9.17, 15) is 0 Å². The molecule has 0 amide bonds. The molecule has 2 bridgehead atoms. The smallest absolute Gasteiger partial charge is 0.222 e. The highest BCUT2D eigenvalue weighted by Crippen LogP contribution is 2.29. The fraction of sp³-hybridized carbons (Fsp3) is 0.524. The van der Waals surface area contributed by atoms with Crippen molar-refractivity contribution in [1.29, 1.82) is 0 Å². The molecule has 5 nitrogen and oxygen atoms in total. The predicted octanol–water partition coefficient (Wildman–Crippen LogP) is 3.00. The van der Waals surface area contributed by atoms with Crippen LogP contribution in [0.2, 0.25) is 0 Å². The van der Waals surface area contributed by atoms with Crippen LogP contribution in [0.1, 0.15) is 30.9 Å². The molecule has 0 spiro atoms. The summed E-state index contributed by atoms with van der Waals surface area (Å²) >= 11 is 0. The maximum Gasteiger partial charge on any atom is 0.222 e. The average molecular weight is 351 g/mol. The topological polar surface area (TPSA) is 44.3 Å². The average Bonchev–Trinajstić information content (AvgIpc) is 2.95. The lowest BCUT2D eigenvalue weighted by Crippen LogP contribution is -2.43. The monoisotopic (exact) mass is 351 g/mol. The van der Waals surface area contributed by atoms with Crippen molar-refractivity contribution >= 4 is 5.95 Å². The van der Waals surface area contributed by atoms with E-state index in [2.05, 4.69) is 62.3 Å². The predicted molar refractivity (Wildman–Crippen MR) is 105 cm³/mol. The Morgan fingerprint density at radius 2 is 1.77 bits per heavy atom. The second-order valence-electron chi connectivity index (χ2n) is 7.65. The standard InChI is InChI=1S/C21H29N5/c1-2-22-21-23-10-19(11-24-21)13-25-12-18-8-9-20(16-25)26(15-18)14-17-6-4-3-5-7-17/h3-7,10-11,18,20H,2,8-9,12-16H2,1H3,(H,22,23,24)/t18-,20+/m1/s1. The van der Waals surface area contributed by atoms with Gasteiger partial charge in [0, 0.05) is 63.3 Å². The summed E-state index contributed by atoms with van der Waals surface area (Å²) in [4.78, 5) is 14.2. The highest BCUT2D eigenvalue weighted by Gasteiger charge is 2.34. The van der Waals surface area contributed by atoms with Crippen LogP contribution in [0.25, 0.3) is 0 Å². The van der Waals surface area contributed by atoms with Gasteiger partial charge in [0.05, 0.1) is 0 Å². The molecule has 0 radical (unpaired) electrons. The number of aromatic nitrogens is 2. The Morgan fingerprint density at radius 3 is 2.54 bits per heavy atom. The van der Waals surface area contributed by atoms with Crippen molar-refractivity contribution in [1.82, 2.24) is 19.8 Å². The van der Waals surface area contributed by atoms with Crippen LogP contribution in [0.4, 0.5) is 5.95 Å². The highest BCUT2D eigenvalue weighted by atomic mass is 15.3. The van der Waals surface area contributed by atoms with E-state index in [1.807, 2.05) is 12.4 Å². The van der Waals surface area contributed by atoms with E-state index in [1.54, 1.807) is 0 Å². The van der Waals surface area contributed by atoms with Gasteiger partial charge in [0.25, 0.3) is 0 Å². The zero-order valence-electron chi connectivity index (χ0n) is 15.6. The van der Waals surface area contributed by atoms with Gasteiger partial charge in [0.2, 0.25) is 5.95 Å². The van der Waals surface area contributed by atoms with Gasteiger partial charge in [0.15, 0.2) is 0 Å². The van der Waals surface area contributed by atoms with Gasteiger partial charge in [-0.25, -0.2) is 9.97 Å². The minimum atomic E-state index is 0.663. The van der Waals surface area contributed by atoms with E-state index in [1.165, 1.54) is 37.1 Å². The van der Waals surface area contributed by atoms with E-state index in [-0.39, 0.29) is 0 Å². The van der Waals surface area contributed by atoms with Gasteiger partial charge in [-0.1, -0.05) is 30.3 Å². The van der Waals surface area contributed by atoms with Crippen molar-refractivity contribution in [2.24, 2.45) is 5.92 Å². The normalized spacial score (nSPS) is 23.7. The Bertz CT molecular complexity index is 687. The summed E-state index contributed by atoms with van der Waals surface area (Å²) in [5.74, 6) is 1.50. The highest BCUT2D eigenvalue weighted by molar-refractivity contribution is 5.24. The molecule has 1 N–H and O–H groups in total. The first-order chi connectivity index (χ1) is 12.8. The fourth-order valence-electron chi connectivity index (χ4n) is 4.36. The number of benzene rings is 1. The molecule has 3 fully saturated rings. The van der Waals surface area contributed by atoms with Crippen LogP contribution < -0.4 is 5.32 Å². The molecule has 3 aliphatic heterocycles. The number of anilines is 1. The molecule has 26 heavy (non-hydrogen) atoms. The molecule has 138 valence electrons. The Hall–Kier alpha value is -1.98. The van der Waals surface area contributed by atoms with Crippen LogP contribution >= 0.6 is 0 Å². The number of hydrogen-bond acceptors (Lipinski definition) is 5. The summed E-state index contributed by atoms with van der Waals surface area (Å²) in [5, 5.41) is 3.16. The lowest BCUT2D eigenvalue weighted by Gasteiger charge is -2.36. The van der Waals surface area contributed by atoms with Crippen LogP contribution in [0.5, 0.6) is 0 Å². The van der Waals surface area contributed by atoms with Crippen LogP contribution in [0.3, 0.4) is 0 Å². The lowest BCUT2D eigenvalue weighted by molar-refractivity contribution is 0.123. The number of nitrogens with one attached hydrogen (secondary N) is 1. The van der Waals surface area contributed by atoms with Gasteiger partial charge in [-0.15, -0.1) is 0 Å². The molecule has 3 aliphatic rings. The van der Waals surface area contributed by atoms with Gasteiger partial charge < -0.3 is 5.32 Å². The van der Waals surface area contributed by atoms with Gasteiger partial charge in [-0.05, 0) is 31.2 Å². The zero-order valence-corrected chi connectivity index (χ0v) is 15.6. The lowest BCUT2D eigenvalue weighted by atomic mass is 9.94. The number of nitrogens with zero attached hydrogens (tertiary/aromatic N) is 4. The maximum atomic E-state index is 4.42. The van der Waals surface area contributed by atoms with Gasteiger partial charge >= 0.3 is 0 Å². The molecular weight excluding hydrogens is 322 g/mol. The molecule has 3 saturated heterocycles. The van der Waals surface area contributed by atoms with Gasteiger partial charge in [-0.2, -0.15) is 0 Å². The molecule has 5 heteroatoms.